The van der Waals surface area contributed by atoms with Crippen LogP contribution in [0.4, 0.5) is 10.3 Å². The zero-order chi connectivity index (χ0) is 17.3. The Labute approximate surface area is 147 Å². The predicted octanol–water partition coefficient (Wildman–Crippen LogP) is 3.41. The molecule has 0 radical (unpaired) electrons. The first-order valence-corrected chi connectivity index (χ1v) is 8.92. The van der Waals surface area contributed by atoms with Gasteiger partial charge in [0, 0.05) is 25.1 Å². The fraction of sp³-hybridized carbons (Fsp3) is 0.474. The summed E-state index contributed by atoms with van der Waals surface area (Å²) in [7, 11) is 0. The van der Waals surface area contributed by atoms with Crippen molar-refractivity contribution in [2.24, 2.45) is 0 Å². The minimum atomic E-state index is -0.429. The number of ether oxygens (including phenoxy) is 1. The maximum Gasteiger partial charge on any atom is 0.223 e. The molecule has 3 heterocycles. The highest BCUT2D eigenvalue weighted by molar-refractivity contribution is 5.43. The molecule has 2 aromatic rings. The molecule has 1 saturated heterocycles. The molecule has 1 aromatic heterocycles. The van der Waals surface area contributed by atoms with Crippen molar-refractivity contribution in [3.8, 4) is 5.75 Å². The molecule has 0 amide bonds. The van der Waals surface area contributed by atoms with E-state index in [1.807, 2.05) is 18.2 Å². The van der Waals surface area contributed by atoms with Gasteiger partial charge in [0.15, 0.2) is 5.82 Å². The van der Waals surface area contributed by atoms with Crippen molar-refractivity contribution < 1.29 is 9.13 Å². The number of fused-ring (bicyclic) bond motifs is 1. The van der Waals surface area contributed by atoms with Crippen molar-refractivity contribution in [3.63, 3.8) is 0 Å². The van der Waals surface area contributed by atoms with Gasteiger partial charge >= 0.3 is 0 Å². The zero-order valence-corrected chi connectivity index (χ0v) is 14.4. The Hall–Kier alpha value is -2.21. The summed E-state index contributed by atoms with van der Waals surface area (Å²) in [6.07, 6.45) is 5.27. The summed E-state index contributed by atoms with van der Waals surface area (Å²) in [5.41, 5.74) is 0.955. The first-order chi connectivity index (χ1) is 12.2. The lowest BCUT2D eigenvalue weighted by molar-refractivity contribution is -0.0187. The molecule has 1 spiro atoms. The van der Waals surface area contributed by atoms with Gasteiger partial charge in [0.2, 0.25) is 5.95 Å². The van der Waals surface area contributed by atoms with Crippen molar-refractivity contribution in [1.82, 2.24) is 14.9 Å². The fourth-order valence-corrected chi connectivity index (χ4v) is 3.87. The van der Waals surface area contributed by atoms with Crippen LogP contribution in [0.15, 0.2) is 36.7 Å². The average molecular weight is 342 g/mol. The smallest absolute Gasteiger partial charge is 0.223 e. The summed E-state index contributed by atoms with van der Waals surface area (Å²) in [5, 5.41) is 3.38. The van der Waals surface area contributed by atoms with E-state index in [1.165, 1.54) is 12.4 Å². The lowest BCUT2D eigenvalue weighted by Crippen LogP contribution is -2.51. The Kier molecular flexibility index (Phi) is 4.29. The number of nitrogens with zero attached hydrogens (tertiary/aromatic N) is 3. The normalized spacial score (nSPS) is 22.2. The average Bonchev–Trinajstić information content (AvgIpc) is 2.64. The standard InChI is InChI=1S/C19H23FN4O/c1-2-24-9-7-19(8-10-24)11-16(15-5-3-4-6-17(15)25-19)23-18-21-12-14(20)13-22-18/h3-6,12-13,16H,2,7-11H2,1H3,(H,21,22,23)/t16-/m1/s1. The topological polar surface area (TPSA) is 50.3 Å². The van der Waals surface area contributed by atoms with Gasteiger partial charge in [-0.3, -0.25) is 0 Å². The molecule has 6 heteroatoms. The van der Waals surface area contributed by atoms with Crippen LogP contribution in [0, 0.1) is 5.82 Å². The highest BCUT2D eigenvalue weighted by Crippen LogP contribution is 2.45. The quantitative estimate of drug-likeness (QED) is 0.926. The Balaban J connectivity index is 1.60. The summed E-state index contributed by atoms with van der Waals surface area (Å²) >= 11 is 0. The highest BCUT2D eigenvalue weighted by atomic mass is 19.1. The number of likely N-dealkylation sites (tertiary alicyclic amines) is 1. The van der Waals surface area contributed by atoms with Crippen molar-refractivity contribution in [2.75, 3.05) is 25.0 Å². The van der Waals surface area contributed by atoms with Gasteiger partial charge < -0.3 is 15.0 Å². The summed E-state index contributed by atoms with van der Waals surface area (Å²) in [6.45, 7) is 5.39. The van der Waals surface area contributed by atoms with Crippen molar-refractivity contribution in [2.45, 2.75) is 37.8 Å². The minimum Gasteiger partial charge on any atom is -0.487 e. The van der Waals surface area contributed by atoms with Crippen LogP contribution in [0.5, 0.6) is 5.75 Å². The van der Waals surface area contributed by atoms with Gasteiger partial charge in [-0.05, 0) is 25.5 Å². The monoisotopic (exact) mass is 342 g/mol. The first kappa shape index (κ1) is 16.3. The molecule has 5 nitrogen and oxygen atoms in total. The Morgan fingerprint density at radius 3 is 2.68 bits per heavy atom. The van der Waals surface area contributed by atoms with Gasteiger partial charge in [-0.1, -0.05) is 25.1 Å². The van der Waals surface area contributed by atoms with E-state index in [2.05, 4.69) is 33.2 Å². The number of rotatable bonds is 3. The van der Waals surface area contributed by atoms with Gasteiger partial charge in [0.1, 0.15) is 11.4 Å². The molecule has 1 N–H and O–H groups in total. The van der Waals surface area contributed by atoms with E-state index < -0.39 is 5.82 Å². The van der Waals surface area contributed by atoms with Crippen LogP contribution in [0.1, 0.15) is 37.8 Å². The minimum absolute atomic E-state index is 0.0589. The third-order valence-electron chi connectivity index (χ3n) is 5.34. The number of aromatic nitrogens is 2. The first-order valence-electron chi connectivity index (χ1n) is 8.92. The van der Waals surface area contributed by atoms with Crippen LogP contribution in [-0.2, 0) is 0 Å². The molecular weight excluding hydrogens is 319 g/mol. The number of nitrogens with one attached hydrogen (secondary N) is 1. The Morgan fingerprint density at radius 2 is 1.96 bits per heavy atom. The van der Waals surface area contributed by atoms with Gasteiger partial charge in [0.05, 0.1) is 18.4 Å². The third-order valence-corrected chi connectivity index (χ3v) is 5.34. The van der Waals surface area contributed by atoms with Gasteiger partial charge in [-0.25, -0.2) is 14.4 Å². The second kappa shape index (κ2) is 6.59. The van der Waals surface area contributed by atoms with Crippen molar-refractivity contribution in [3.05, 3.63) is 48.0 Å². The number of anilines is 1. The number of piperidine rings is 1. The van der Waals surface area contributed by atoms with E-state index in [1.54, 1.807) is 0 Å². The maximum absolute atomic E-state index is 13.1. The number of hydrogen-bond donors (Lipinski definition) is 1. The maximum atomic E-state index is 13.1. The third kappa shape index (κ3) is 3.31. The molecule has 4 rings (SSSR count). The van der Waals surface area contributed by atoms with Crippen LogP contribution < -0.4 is 10.1 Å². The summed E-state index contributed by atoms with van der Waals surface area (Å²) in [5.74, 6) is 0.948. The fourth-order valence-electron chi connectivity index (χ4n) is 3.87. The molecule has 0 bridgehead atoms. The van der Waals surface area contributed by atoms with Gasteiger partial charge in [-0.15, -0.1) is 0 Å². The molecule has 1 atom stereocenters. The van der Waals surface area contributed by atoms with E-state index >= 15 is 0 Å². The van der Waals surface area contributed by atoms with E-state index in [0.29, 0.717) is 5.95 Å². The molecule has 2 aliphatic heterocycles. The van der Waals surface area contributed by atoms with Gasteiger partial charge in [-0.2, -0.15) is 0 Å². The Morgan fingerprint density at radius 1 is 1.24 bits per heavy atom. The van der Waals surface area contributed by atoms with Crippen LogP contribution in [-0.4, -0.2) is 40.1 Å². The lowest BCUT2D eigenvalue weighted by Gasteiger charge is -2.46. The molecule has 0 saturated carbocycles. The zero-order valence-electron chi connectivity index (χ0n) is 14.4. The van der Waals surface area contributed by atoms with Gasteiger partial charge in [0.25, 0.3) is 0 Å². The summed E-state index contributed by atoms with van der Waals surface area (Å²) in [6, 6.07) is 8.18. The summed E-state index contributed by atoms with van der Waals surface area (Å²) in [4.78, 5) is 10.6. The summed E-state index contributed by atoms with van der Waals surface area (Å²) < 4.78 is 19.6. The Bertz CT molecular complexity index is 728. The number of para-hydroxylation sites is 1. The van der Waals surface area contributed by atoms with Crippen LogP contribution >= 0.6 is 0 Å². The lowest BCUT2D eigenvalue weighted by atomic mass is 9.80. The van der Waals surface area contributed by atoms with E-state index in [0.717, 1.165) is 50.2 Å². The van der Waals surface area contributed by atoms with Crippen molar-refractivity contribution in [1.29, 1.82) is 0 Å². The molecular formula is C19H23FN4O. The second-order valence-corrected chi connectivity index (χ2v) is 6.88. The van der Waals surface area contributed by atoms with E-state index in [9.17, 15) is 4.39 Å². The van der Waals surface area contributed by atoms with Crippen LogP contribution in [0.2, 0.25) is 0 Å². The number of hydrogen-bond acceptors (Lipinski definition) is 5. The molecule has 1 aromatic carbocycles. The van der Waals surface area contributed by atoms with E-state index in [-0.39, 0.29) is 11.6 Å². The molecule has 2 aliphatic rings. The van der Waals surface area contributed by atoms with Crippen molar-refractivity contribution >= 4 is 5.95 Å². The number of halogens is 1. The SMILES string of the molecule is CCN1CCC2(CC1)C[C@@H](Nc1ncc(F)cn1)c1ccccc1O2. The second-order valence-electron chi connectivity index (χ2n) is 6.88. The van der Waals surface area contributed by atoms with E-state index in [4.69, 9.17) is 4.74 Å². The predicted molar refractivity (Wildman–Crippen MR) is 94.1 cm³/mol. The molecule has 0 unspecified atom stereocenters. The molecule has 1 fully saturated rings. The molecule has 25 heavy (non-hydrogen) atoms. The van der Waals surface area contributed by atoms with Crippen LogP contribution in [0.25, 0.3) is 0 Å². The number of benzene rings is 1. The highest BCUT2D eigenvalue weighted by Gasteiger charge is 2.43. The van der Waals surface area contributed by atoms with Crippen LogP contribution in [0.3, 0.4) is 0 Å². The molecule has 0 aliphatic carbocycles. The largest absolute Gasteiger partial charge is 0.487 e. The molecule has 132 valence electrons.